The molecule has 0 aliphatic rings. The van der Waals surface area contributed by atoms with Gasteiger partial charge in [0.2, 0.25) is 5.91 Å². The normalized spacial score (nSPS) is 10.6. The summed E-state index contributed by atoms with van der Waals surface area (Å²) < 4.78 is 1.82. The summed E-state index contributed by atoms with van der Waals surface area (Å²) in [7, 11) is 0. The lowest BCUT2D eigenvalue weighted by molar-refractivity contribution is -0.113. The summed E-state index contributed by atoms with van der Waals surface area (Å²) in [5.74, 6) is 0.351. The molecule has 0 unspecified atom stereocenters. The third-order valence-corrected chi connectivity index (χ3v) is 5.78. The zero-order valence-corrected chi connectivity index (χ0v) is 19.2. The van der Waals surface area contributed by atoms with E-state index in [-0.39, 0.29) is 24.1 Å². The summed E-state index contributed by atoms with van der Waals surface area (Å²) in [6.07, 6.45) is 2.66. The van der Waals surface area contributed by atoms with Gasteiger partial charge in [-0.15, -0.1) is 16.8 Å². The molecular formula is C23H24ClN5O2S. The maximum absolute atomic E-state index is 12.4. The van der Waals surface area contributed by atoms with Gasteiger partial charge < -0.3 is 15.2 Å². The number of amides is 2. The van der Waals surface area contributed by atoms with Crippen molar-refractivity contribution in [3.8, 4) is 0 Å². The lowest BCUT2D eigenvalue weighted by Gasteiger charge is -2.09. The van der Waals surface area contributed by atoms with Gasteiger partial charge in [-0.2, -0.15) is 0 Å². The minimum atomic E-state index is -0.261. The molecule has 0 bridgehead atoms. The number of allylic oxidation sites excluding steroid dienone is 1. The molecule has 0 saturated heterocycles. The second-order valence-corrected chi connectivity index (χ2v) is 8.26. The van der Waals surface area contributed by atoms with Gasteiger partial charge in [0.15, 0.2) is 11.0 Å². The van der Waals surface area contributed by atoms with E-state index in [1.165, 1.54) is 17.3 Å². The zero-order chi connectivity index (χ0) is 22.9. The Labute approximate surface area is 196 Å². The predicted octanol–water partition coefficient (Wildman–Crippen LogP) is 4.34. The highest BCUT2D eigenvalue weighted by Gasteiger charge is 2.15. The number of hydrogen-bond donors (Lipinski definition) is 2. The lowest BCUT2D eigenvalue weighted by Crippen LogP contribution is -2.24. The highest BCUT2D eigenvalue weighted by atomic mass is 35.5. The van der Waals surface area contributed by atoms with E-state index in [0.717, 1.165) is 12.1 Å². The molecule has 0 fully saturated rings. The summed E-state index contributed by atoms with van der Waals surface area (Å²) >= 11 is 7.22. The van der Waals surface area contributed by atoms with E-state index in [1.54, 1.807) is 30.3 Å². The Morgan fingerprint density at radius 2 is 1.97 bits per heavy atom. The molecule has 7 nitrogen and oxygen atoms in total. The fraction of sp³-hybridized carbons (Fsp3) is 0.217. The molecule has 32 heavy (non-hydrogen) atoms. The van der Waals surface area contributed by atoms with Crippen molar-refractivity contribution in [3.63, 3.8) is 0 Å². The number of thioether (sulfide) groups is 1. The minimum Gasteiger partial charge on any atom is -0.345 e. The molecule has 2 amide bonds. The van der Waals surface area contributed by atoms with Crippen molar-refractivity contribution in [2.45, 2.75) is 31.6 Å². The monoisotopic (exact) mass is 469 g/mol. The largest absolute Gasteiger partial charge is 0.345 e. The molecule has 3 rings (SSSR count). The Bertz CT molecular complexity index is 1100. The van der Waals surface area contributed by atoms with Gasteiger partial charge in [0.1, 0.15) is 0 Å². The van der Waals surface area contributed by atoms with Crippen LogP contribution in [0.15, 0.2) is 66.3 Å². The Morgan fingerprint density at radius 3 is 2.66 bits per heavy atom. The second-order valence-electron chi connectivity index (χ2n) is 6.88. The van der Waals surface area contributed by atoms with E-state index < -0.39 is 0 Å². The van der Waals surface area contributed by atoms with Crippen LogP contribution in [0.4, 0.5) is 5.69 Å². The van der Waals surface area contributed by atoms with Crippen LogP contribution in [0.1, 0.15) is 28.7 Å². The molecule has 0 atom stereocenters. The van der Waals surface area contributed by atoms with E-state index in [2.05, 4.69) is 34.3 Å². The number of anilines is 1. The highest BCUT2D eigenvalue weighted by molar-refractivity contribution is 7.99. The summed E-state index contributed by atoms with van der Waals surface area (Å²) in [6.45, 7) is 6.49. The number of carbonyl (C=O) groups is 2. The van der Waals surface area contributed by atoms with Crippen molar-refractivity contribution in [3.05, 3.63) is 83.2 Å². The summed E-state index contributed by atoms with van der Waals surface area (Å²) in [4.78, 5) is 24.7. The van der Waals surface area contributed by atoms with Crippen molar-refractivity contribution in [2.75, 3.05) is 11.1 Å². The van der Waals surface area contributed by atoms with Gasteiger partial charge in [-0.05, 0) is 42.3 Å². The maximum Gasteiger partial charge on any atom is 0.251 e. The average Bonchev–Trinajstić information content (AvgIpc) is 3.18. The first-order chi connectivity index (χ1) is 15.5. The van der Waals surface area contributed by atoms with Crippen LogP contribution in [0, 0.1) is 0 Å². The van der Waals surface area contributed by atoms with Crippen LogP contribution in [0.25, 0.3) is 0 Å². The Balaban J connectivity index is 1.59. The van der Waals surface area contributed by atoms with E-state index in [4.69, 9.17) is 11.6 Å². The Hall–Kier alpha value is -3.10. The Kier molecular flexibility index (Phi) is 8.47. The molecule has 1 heterocycles. The standard InChI is InChI=1S/C23H24ClN5O2S/c1-3-12-29-20(14-25-22(31)17-6-5-7-18(24)13-17)27-28-23(29)32-15-21(30)26-19-10-8-16(4-2)9-11-19/h3,5-11,13H,1,4,12,14-15H2,2H3,(H,25,31)(H,26,30). The molecule has 0 saturated carbocycles. The van der Waals surface area contributed by atoms with Crippen molar-refractivity contribution in [1.82, 2.24) is 20.1 Å². The van der Waals surface area contributed by atoms with Gasteiger partial charge in [-0.1, -0.05) is 54.6 Å². The van der Waals surface area contributed by atoms with Crippen molar-refractivity contribution >= 4 is 40.9 Å². The summed E-state index contributed by atoms with van der Waals surface area (Å²) in [5.41, 5.74) is 2.43. The maximum atomic E-state index is 12.4. The third-order valence-electron chi connectivity index (χ3n) is 4.58. The van der Waals surface area contributed by atoms with Crippen LogP contribution in [0.3, 0.4) is 0 Å². The molecule has 3 aromatic rings. The van der Waals surface area contributed by atoms with Crippen LogP contribution >= 0.6 is 23.4 Å². The van der Waals surface area contributed by atoms with Crippen molar-refractivity contribution in [2.24, 2.45) is 0 Å². The zero-order valence-electron chi connectivity index (χ0n) is 17.7. The van der Waals surface area contributed by atoms with Gasteiger partial charge in [-0.3, -0.25) is 9.59 Å². The van der Waals surface area contributed by atoms with E-state index in [1.807, 2.05) is 28.8 Å². The predicted molar refractivity (Wildman–Crippen MR) is 128 cm³/mol. The smallest absolute Gasteiger partial charge is 0.251 e. The number of nitrogens with zero attached hydrogens (tertiary/aromatic N) is 3. The molecule has 0 radical (unpaired) electrons. The number of nitrogens with one attached hydrogen (secondary N) is 2. The van der Waals surface area contributed by atoms with Crippen LogP contribution in [-0.2, 0) is 24.3 Å². The number of benzene rings is 2. The van der Waals surface area contributed by atoms with E-state index in [9.17, 15) is 9.59 Å². The number of aryl methyl sites for hydroxylation is 1. The number of aromatic nitrogens is 3. The quantitative estimate of drug-likeness (QED) is 0.340. The van der Waals surface area contributed by atoms with Crippen LogP contribution < -0.4 is 10.6 Å². The first kappa shape index (κ1) is 23.6. The van der Waals surface area contributed by atoms with Gasteiger partial charge in [0.05, 0.1) is 12.3 Å². The Morgan fingerprint density at radius 1 is 1.19 bits per heavy atom. The van der Waals surface area contributed by atoms with E-state index in [0.29, 0.717) is 28.1 Å². The van der Waals surface area contributed by atoms with Crippen LogP contribution in [-0.4, -0.2) is 32.3 Å². The first-order valence-corrected chi connectivity index (χ1v) is 11.4. The number of hydrogen-bond acceptors (Lipinski definition) is 5. The first-order valence-electron chi connectivity index (χ1n) is 10.1. The lowest BCUT2D eigenvalue weighted by atomic mass is 10.1. The SMILES string of the molecule is C=CCn1c(CNC(=O)c2cccc(Cl)c2)nnc1SCC(=O)Nc1ccc(CC)cc1. The molecule has 2 aromatic carbocycles. The molecular weight excluding hydrogens is 446 g/mol. The van der Waals surface area contributed by atoms with Crippen molar-refractivity contribution < 1.29 is 9.59 Å². The van der Waals surface area contributed by atoms with Crippen molar-refractivity contribution in [1.29, 1.82) is 0 Å². The third kappa shape index (κ3) is 6.45. The molecule has 2 N–H and O–H groups in total. The van der Waals surface area contributed by atoms with Gasteiger partial charge in [0, 0.05) is 22.8 Å². The van der Waals surface area contributed by atoms with Crippen LogP contribution in [0.2, 0.25) is 5.02 Å². The number of halogens is 1. The minimum absolute atomic E-state index is 0.136. The fourth-order valence-corrected chi connectivity index (χ4v) is 3.87. The summed E-state index contributed by atoms with van der Waals surface area (Å²) in [5, 5.41) is 15.1. The molecule has 0 spiro atoms. The molecule has 0 aliphatic heterocycles. The number of carbonyl (C=O) groups excluding carboxylic acids is 2. The van der Waals surface area contributed by atoms with Gasteiger partial charge in [-0.25, -0.2) is 0 Å². The topological polar surface area (TPSA) is 88.9 Å². The van der Waals surface area contributed by atoms with Gasteiger partial charge in [0.25, 0.3) is 5.91 Å². The molecule has 1 aromatic heterocycles. The fourth-order valence-electron chi connectivity index (χ4n) is 2.91. The van der Waals surface area contributed by atoms with Gasteiger partial charge >= 0.3 is 0 Å². The van der Waals surface area contributed by atoms with E-state index >= 15 is 0 Å². The molecule has 166 valence electrons. The average molecular weight is 470 g/mol. The highest BCUT2D eigenvalue weighted by Crippen LogP contribution is 2.18. The molecule has 9 heteroatoms. The second kappa shape index (κ2) is 11.5. The molecule has 0 aliphatic carbocycles. The number of rotatable bonds is 10. The van der Waals surface area contributed by atoms with Crippen LogP contribution in [0.5, 0.6) is 0 Å². The summed E-state index contributed by atoms with van der Waals surface area (Å²) in [6, 6.07) is 14.5.